The second kappa shape index (κ2) is 5.30. The van der Waals surface area contributed by atoms with Gasteiger partial charge in [-0.25, -0.2) is 4.98 Å². The number of hydrogen-bond donors (Lipinski definition) is 1. The fourth-order valence-electron chi connectivity index (χ4n) is 3.16. The Morgan fingerprint density at radius 2 is 2.05 bits per heavy atom. The van der Waals surface area contributed by atoms with Crippen LogP contribution in [0.2, 0.25) is 5.15 Å². The van der Waals surface area contributed by atoms with Crippen LogP contribution in [-0.4, -0.2) is 16.9 Å². The van der Waals surface area contributed by atoms with Gasteiger partial charge in [0.2, 0.25) is 0 Å². The Hall–Kier alpha value is -1.61. The average Bonchev–Trinajstić information content (AvgIpc) is 2.78. The van der Waals surface area contributed by atoms with Crippen molar-refractivity contribution in [2.24, 2.45) is 5.41 Å². The van der Waals surface area contributed by atoms with Crippen LogP contribution in [0.25, 0.3) is 10.8 Å². The van der Waals surface area contributed by atoms with Gasteiger partial charge >= 0.3 is 0 Å². The topological polar surface area (TPSA) is 42.0 Å². The molecule has 1 amide bonds. The molecule has 21 heavy (non-hydrogen) atoms. The SMILES string of the molecule is CC1(C)CCC(NC(=O)c2cnc(Cl)c3ccccc23)C1. The van der Waals surface area contributed by atoms with E-state index in [0.29, 0.717) is 16.1 Å². The van der Waals surface area contributed by atoms with Crippen molar-refractivity contribution in [3.8, 4) is 0 Å². The number of pyridine rings is 1. The number of rotatable bonds is 2. The maximum atomic E-state index is 12.5. The number of fused-ring (bicyclic) bond motifs is 1. The normalized spacial score (nSPS) is 20.6. The van der Waals surface area contributed by atoms with E-state index in [1.165, 1.54) is 0 Å². The van der Waals surface area contributed by atoms with Crippen molar-refractivity contribution in [2.75, 3.05) is 0 Å². The molecule has 0 bridgehead atoms. The number of nitrogens with one attached hydrogen (secondary N) is 1. The number of hydrogen-bond acceptors (Lipinski definition) is 2. The number of carbonyl (C=O) groups excluding carboxylic acids is 1. The highest BCUT2D eigenvalue weighted by molar-refractivity contribution is 6.34. The third-order valence-electron chi connectivity index (χ3n) is 4.29. The van der Waals surface area contributed by atoms with Crippen LogP contribution in [-0.2, 0) is 0 Å². The predicted octanol–water partition coefficient (Wildman–Crippen LogP) is 4.20. The van der Waals surface area contributed by atoms with Crippen molar-refractivity contribution in [1.82, 2.24) is 10.3 Å². The smallest absolute Gasteiger partial charge is 0.253 e. The highest BCUT2D eigenvalue weighted by Gasteiger charge is 2.32. The Bertz CT molecular complexity index is 696. The molecule has 1 aliphatic carbocycles. The summed E-state index contributed by atoms with van der Waals surface area (Å²) in [6.45, 7) is 4.50. The Labute approximate surface area is 129 Å². The van der Waals surface area contributed by atoms with Gasteiger partial charge in [0.25, 0.3) is 5.91 Å². The van der Waals surface area contributed by atoms with Gasteiger partial charge in [0, 0.05) is 17.6 Å². The molecule has 1 saturated carbocycles. The number of aromatic nitrogens is 1. The molecule has 1 aromatic carbocycles. The summed E-state index contributed by atoms with van der Waals surface area (Å²) in [6, 6.07) is 7.86. The molecule has 0 radical (unpaired) electrons. The van der Waals surface area contributed by atoms with E-state index in [0.717, 1.165) is 30.0 Å². The lowest BCUT2D eigenvalue weighted by atomic mass is 9.92. The number of carbonyl (C=O) groups is 1. The minimum Gasteiger partial charge on any atom is -0.349 e. The van der Waals surface area contributed by atoms with Crippen LogP contribution in [0.4, 0.5) is 0 Å². The maximum absolute atomic E-state index is 12.5. The van der Waals surface area contributed by atoms with Crippen LogP contribution >= 0.6 is 11.6 Å². The zero-order chi connectivity index (χ0) is 15.0. The van der Waals surface area contributed by atoms with E-state index in [9.17, 15) is 4.79 Å². The second-order valence-corrected chi connectivity index (χ2v) is 6.94. The van der Waals surface area contributed by atoms with E-state index in [1.807, 2.05) is 24.3 Å². The number of halogens is 1. The molecule has 1 N–H and O–H groups in total. The molecule has 0 spiro atoms. The molecule has 1 unspecified atom stereocenters. The highest BCUT2D eigenvalue weighted by Crippen LogP contribution is 2.37. The predicted molar refractivity (Wildman–Crippen MR) is 85.6 cm³/mol. The molecule has 1 fully saturated rings. The van der Waals surface area contributed by atoms with Gasteiger partial charge in [0.1, 0.15) is 5.15 Å². The first-order chi connectivity index (χ1) is 9.96. The van der Waals surface area contributed by atoms with Gasteiger partial charge in [-0.2, -0.15) is 0 Å². The lowest BCUT2D eigenvalue weighted by molar-refractivity contribution is 0.0937. The summed E-state index contributed by atoms with van der Waals surface area (Å²) >= 11 is 6.10. The summed E-state index contributed by atoms with van der Waals surface area (Å²) in [5.41, 5.74) is 0.915. The molecule has 110 valence electrons. The molecule has 1 atom stereocenters. The molecule has 0 aliphatic heterocycles. The van der Waals surface area contributed by atoms with E-state index >= 15 is 0 Å². The van der Waals surface area contributed by atoms with Crippen LogP contribution in [0.15, 0.2) is 30.5 Å². The lowest BCUT2D eigenvalue weighted by Crippen LogP contribution is -2.33. The summed E-state index contributed by atoms with van der Waals surface area (Å²) in [5.74, 6) is -0.0573. The second-order valence-electron chi connectivity index (χ2n) is 6.59. The Kier molecular flexibility index (Phi) is 3.62. The quantitative estimate of drug-likeness (QED) is 0.845. The van der Waals surface area contributed by atoms with Gasteiger partial charge in [0.15, 0.2) is 0 Å². The van der Waals surface area contributed by atoms with Gasteiger partial charge in [-0.15, -0.1) is 0 Å². The number of nitrogens with zero attached hydrogens (tertiary/aromatic N) is 1. The lowest BCUT2D eigenvalue weighted by Gasteiger charge is -2.18. The summed E-state index contributed by atoms with van der Waals surface area (Å²) in [6.07, 6.45) is 4.78. The molecule has 1 heterocycles. The van der Waals surface area contributed by atoms with Crippen LogP contribution in [0.5, 0.6) is 0 Å². The Morgan fingerprint density at radius 1 is 1.33 bits per heavy atom. The largest absolute Gasteiger partial charge is 0.349 e. The Balaban J connectivity index is 1.87. The fraction of sp³-hybridized carbons (Fsp3) is 0.412. The summed E-state index contributed by atoms with van der Waals surface area (Å²) in [5, 5.41) is 5.25. The molecule has 3 rings (SSSR count). The third kappa shape index (κ3) is 2.88. The zero-order valence-electron chi connectivity index (χ0n) is 12.3. The fourth-order valence-corrected chi connectivity index (χ4v) is 3.38. The van der Waals surface area contributed by atoms with Gasteiger partial charge in [-0.3, -0.25) is 4.79 Å². The first kappa shape index (κ1) is 14.3. The first-order valence-corrected chi connectivity index (χ1v) is 7.68. The molecular weight excluding hydrogens is 284 g/mol. The number of benzene rings is 1. The molecule has 1 aromatic heterocycles. The van der Waals surface area contributed by atoms with E-state index < -0.39 is 0 Å². The van der Waals surface area contributed by atoms with E-state index in [4.69, 9.17) is 11.6 Å². The minimum atomic E-state index is -0.0573. The summed E-state index contributed by atoms with van der Waals surface area (Å²) < 4.78 is 0. The average molecular weight is 303 g/mol. The van der Waals surface area contributed by atoms with Crippen LogP contribution in [0.3, 0.4) is 0 Å². The summed E-state index contributed by atoms with van der Waals surface area (Å²) in [4.78, 5) is 16.7. The van der Waals surface area contributed by atoms with Crippen LogP contribution in [0.1, 0.15) is 43.5 Å². The van der Waals surface area contributed by atoms with E-state index in [-0.39, 0.29) is 11.9 Å². The molecule has 3 nitrogen and oxygen atoms in total. The van der Waals surface area contributed by atoms with Crippen LogP contribution in [0, 0.1) is 5.41 Å². The first-order valence-electron chi connectivity index (χ1n) is 7.30. The van der Waals surface area contributed by atoms with Crippen molar-refractivity contribution in [2.45, 2.75) is 39.2 Å². The van der Waals surface area contributed by atoms with E-state index in [1.54, 1.807) is 6.20 Å². The van der Waals surface area contributed by atoms with Crippen molar-refractivity contribution < 1.29 is 4.79 Å². The molecule has 0 saturated heterocycles. The van der Waals surface area contributed by atoms with Gasteiger partial charge in [-0.1, -0.05) is 49.7 Å². The van der Waals surface area contributed by atoms with E-state index in [2.05, 4.69) is 24.1 Å². The van der Waals surface area contributed by atoms with Crippen LogP contribution < -0.4 is 5.32 Å². The van der Waals surface area contributed by atoms with Crippen molar-refractivity contribution in [3.05, 3.63) is 41.2 Å². The third-order valence-corrected chi connectivity index (χ3v) is 4.60. The van der Waals surface area contributed by atoms with Crippen molar-refractivity contribution >= 4 is 28.3 Å². The Morgan fingerprint density at radius 3 is 2.71 bits per heavy atom. The van der Waals surface area contributed by atoms with Crippen molar-refractivity contribution in [3.63, 3.8) is 0 Å². The van der Waals surface area contributed by atoms with Gasteiger partial charge in [0.05, 0.1) is 5.56 Å². The number of amides is 1. The molecule has 2 aromatic rings. The zero-order valence-corrected chi connectivity index (χ0v) is 13.1. The standard InChI is InChI=1S/C17H19ClN2O/c1-17(2)8-7-11(9-17)20-16(21)14-10-19-15(18)13-6-4-3-5-12(13)14/h3-6,10-11H,7-9H2,1-2H3,(H,20,21). The molecular formula is C17H19ClN2O. The maximum Gasteiger partial charge on any atom is 0.253 e. The van der Waals surface area contributed by atoms with Gasteiger partial charge < -0.3 is 5.32 Å². The van der Waals surface area contributed by atoms with Gasteiger partial charge in [-0.05, 0) is 30.1 Å². The highest BCUT2D eigenvalue weighted by atomic mass is 35.5. The monoisotopic (exact) mass is 302 g/mol. The minimum absolute atomic E-state index is 0.0573. The molecule has 1 aliphatic rings. The molecule has 4 heteroatoms. The van der Waals surface area contributed by atoms with Crippen molar-refractivity contribution in [1.29, 1.82) is 0 Å². The summed E-state index contributed by atoms with van der Waals surface area (Å²) in [7, 11) is 0.